The Morgan fingerprint density at radius 1 is 0.645 bits per heavy atom. The standard InChI is InChI=1S/C31H42/c1-3-5-7-25-10-14-27(15-11-25)29-18-22-31(23-19-29)30-20-16-28(17-21-30)26-12-8-24(6-4-2)9-13-26/h12,16-25,27H,3-11,13-15H2,1-2H3. The van der Waals surface area contributed by atoms with E-state index in [2.05, 4.69) is 68.5 Å². The third kappa shape index (κ3) is 5.91. The van der Waals surface area contributed by atoms with Gasteiger partial charge in [-0.05, 0) is 90.5 Å². The van der Waals surface area contributed by atoms with Crippen LogP contribution in [0.25, 0.3) is 16.7 Å². The van der Waals surface area contributed by atoms with E-state index in [1.165, 1.54) is 93.7 Å². The van der Waals surface area contributed by atoms with Crippen LogP contribution in [-0.2, 0) is 0 Å². The predicted octanol–water partition coefficient (Wildman–Crippen LogP) is 9.80. The molecular formula is C31H42. The molecule has 0 bridgehead atoms. The topological polar surface area (TPSA) is 0 Å². The van der Waals surface area contributed by atoms with Crippen LogP contribution in [0, 0.1) is 11.8 Å². The lowest BCUT2D eigenvalue weighted by molar-refractivity contribution is 0.304. The molecule has 0 spiro atoms. The summed E-state index contributed by atoms with van der Waals surface area (Å²) in [5, 5.41) is 0. The van der Waals surface area contributed by atoms with Crippen molar-refractivity contribution in [2.45, 2.75) is 96.8 Å². The summed E-state index contributed by atoms with van der Waals surface area (Å²) in [6.07, 6.45) is 19.0. The number of hydrogen-bond acceptors (Lipinski definition) is 0. The summed E-state index contributed by atoms with van der Waals surface area (Å²) >= 11 is 0. The quantitative estimate of drug-likeness (QED) is 0.403. The highest BCUT2D eigenvalue weighted by Gasteiger charge is 2.22. The first-order valence-electron chi connectivity index (χ1n) is 13.2. The molecule has 0 heteroatoms. The third-order valence-electron chi connectivity index (χ3n) is 8.00. The molecule has 2 aromatic rings. The summed E-state index contributed by atoms with van der Waals surface area (Å²) in [5.74, 6) is 2.69. The Balaban J connectivity index is 1.34. The fourth-order valence-corrected chi connectivity index (χ4v) is 5.92. The van der Waals surface area contributed by atoms with Crippen molar-refractivity contribution in [1.29, 1.82) is 0 Å². The van der Waals surface area contributed by atoms with E-state index < -0.39 is 0 Å². The maximum absolute atomic E-state index is 2.50. The van der Waals surface area contributed by atoms with Crippen molar-refractivity contribution < 1.29 is 0 Å². The van der Waals surface area contributed by atoms with Gasteiger partial charge in [-0.15, -0.1) is 0 Å². The second kappa shape index (κ2) is 11.2. The Labute approximate surface area is 191 Å². The van der Waals surface area contributed by atoms with E-state index in [-0.39, 0.29) is 0 Å². The Kier molecular flexibility index (Phi) is 8.06. The first kappa shape index (κ1) is 22.4. The molecule has 4 rings (SSSR count). The lowest BCUT2D eigenvalue weighted by Gasteiger charge is -2.29. The third-order valence-corrected chi connectivity index (χ3v) is 8.00. The van der Waals surface area contributed by atoms with Crippen molar-refractivity contribution in [3.8, 4) is 11.1 Å². The number of unbranched alkanes of at least 4 members (excludes halogenated alkanes) is 1. The molecule has 0 amide bonds. The fourth-order valence-electron chi connectivity index (χ4n) is 5.92. The molecule has 0 saturated heterocycles. The normalized spacial score (nSPS) is 24.1. The van der Waals surface area contributed by atoms with E-state index in [1.807, 2.05) is 0 Å². The van der Waals surface area contributed by atoms with E-state index in [4.69, 9.17) is 0 Å². The highest BCUT2D eigenvalue weighted by atomic mass is 14.3. The molecule has 0 N–H and O–H groups in total. The summed E-state index contributed by atoms with van der Waals surface area (Å²) in [5.41, 5.74) is 7.24. The van der Waals surface area contributed by atoms with Gasteiger partial charge in [0.1, 0.15) is 0 Å². The van der Waals surface area contributed by atoms with Crippen LogP contribution < -0.4 is 0 Å². The zero-order chi connectivity index (χ0) is 21.5. The van der Waals surface area contributed by atoms with Crippen LogP contribution in [0.15, 0.2) is 54.6 Å². The van der Waals surface area contributed by atoms with E-state index in [0.717, 1.165) is 17.8 Å². The molecule has 1 unspecified atom stereocenters. The molecule has 2 aliphatic rings. The van der Waals surface area contributed by atoms with Gasteiger partial charge in [-0.3, -0.25) is 0 Å². The minimum atomic E-state index is 0.782. The lowest BCUT2D eigenvalue weighted by atomic mass is 9.77. The number of benzene rings is 2. The largest absolute Gasteiger partial charge is 0.0804 e. The Morgan fingerprint density at radius 2 is 1.29 bits per heavy atom. The zero-order valence-electron chi connectivity index (χ0n) is 19.9. The highest BCUT2D eigenvalue weighted by Crippen LogP contribution is 2.38. The number of allylic oxidation sites excluding steroid dienone is 2. The average molecular weight is 415 g/mol. The Hall–Kier alpha value is -1.82. The van der Waals surface area contributed by atoms with Gasteiger partial charge in [-0.1, -0.05) is 101 Å². The second-order valence-corrected chi connectivity index (χ2v) is 10.2. The van der Waals surface area contributed by atoms with Gasteiger partial charge < -0.3 is 0 Å². The average Bonchev–Trinajstić information content (AvgIpc) is 2.84. The highest BCUT2D eigenvalue weighted by molar-refractivity contribution is 5.71. The first-order chi connectivity index (χ1) is 15.3. The van der Waals surface area contributed by atoms with Crippen LogP contribution in [0.3, 0.4) is 0 Å². The maximum atomic E-state index is 2.50. The summed E-state index contributed by atoms with van der Waals surface area (Å²) in [7, 11) is 0. The Morgan fingerprint density at radius 3 is 1.87 bits per heavy atom. The SMILES string of the molecule is CCCCC1CCC(c2ccc(-c3ccc(C4=CCC(CCC)CC4)cc3)cc2)CC1. The van der Waals surface area contributed by atoms with Crippen molar-refractivity contribution >= 4 is 5.57 Å². The van der Waals surface area contributed by atoms with Gasteiger partial charge in [-0.2, -0.15) is 0 Å². The van der Waals surface area contributed by atoms with Crippen molar-refractivity contribution in [2.75, 3.05) is 0 Å². The summed E-state index contributed by atoms with van der Waals surface area (Å²) in [6, 6.07) is 18.8. The molecule has 0 radical (unpaired) electrons. The van der Waals surface area contributed by atoms with Gasteiger partial charge in [0.2, 0.25) is 0 Å². The monoisotopic (exact) mass is 414 g/mol. The molecule has 0 aliphatic heterocycles. The van der Waals surface area contributed by atoms with Gasteiger partial charge in [0.15, 0.2) is 0 Å². The van der Waals surface area contributed by atoms with Gasteiger partial charge in [0.25, 0.3) is 0 Å². The van der Waals surface area contributed by atoms with Crippen molar-refractivity contribution in [3.05, 3.63) is 65.7 Å². The van der Waals surface area contributed by atoms with Crippen molar-refractivity contribution in [2.24, 2.45) is 11.8 Å². The molecule has 1 atom stereocenters. The van der Waals surface area contributed by atoms with E-state index in [9.17, 15) is 0 Å². The summed E-state index contributed by atoms with van der Waals surface area (Å²) < 4.78 is 0. The summed E-state index contributed by atoms with van der Waals surface area (Å²) in [4.78, 5) is 0. The molecule has 2 aliphatic carbocycles. The minimum absolute atomic E-state index is 0.782. The van der Waals surface area contributed by atoms with Crippen molar-refractivity contribution in [1.82, 2.24) is 0 Å². The molecule has 1 fully saturated rings. The fraction of sp³-hybridized carbons (Fsp3) is 0.548. The first-order valence-corrected chi connectivity index (χ1v) is 13.2. The van der Waals surface area contributed by atoms with E-state index in [1.54, 1.807) is 11.1 Å². The molecule has 2 aromatic carbocycles. The molecule has 166 valence electrons. The molecular weight excluding hydrogens is 372 g/mol. The van der Waals surface area contributed by atoms with Gasteiger partial charge in [0.05, 0.1) is 0 Å². The van der Waals surface area contributed by atoms with Crippen LogP contribution in [0.2, 0.25) is 0 Å². The van der Waals surface area contributed by atoms with Crippen LogP contribution in [0.5, 0.6) is 0 Å². The molecule has 0 heterocycles. The molecule has 31 heavy (non-hydrogen) atoms. The van der Waals surface area contributed by atoms with Gasteiger partial charge in [-0.25, -0.2) is 0 Å². The number of rotatable bonds is 8. The van der Waals surface area contributed by atoms with E-state index >= 15 is 0 Å². The molecule has 0 aromatic heterocycles. The van der Waals surface area contributed by atoms with Crippen LogP contribution in [0.4, 0.5) is 0 Å². The minimum Gasteiger partial charge on any atom is -0.0804 e. The summed E-state index contributed by atoms with van der Waals surface area (Å²) in [6.45, 7) is 4.63. The van der Waals surface area contributed by atoms with Gasteiger partial charge in [0, 0.05) is 0 Å². The van der Waals surface area contributed by atoms with Crippen molar-refractivity contribution in [3.63, 3.8) is 0 Å². The lowest BCUT2D eigenvalue weighted by Crippen LogP contribution is -2.13. The smallest absolute Gasteiger partial charge is 0.0162 e. The van der Waals surface area contributed by atoms with Crippen LogP contribution >= 0.6 is 0 Å². The van der Waals surface area contributed by atoms with Crippen LogP contribution in [0.1, 0.15) is 108 Å². The van der Waals surface area contributed by atoms with Gasteiger partial charge >= 0.3 is 0 Å². The Bertz CT molecular complexity index is 815. The second-order valence-electron chi connectivity index (χ2n) is 10.2. The van der Waals surface area contributed by atoms with Crippen LogP contribution in [-0.4, -0.2) is 0 Å². The molecule has 1 saturated carbocycles. The van der Waals surface area contributed by atoms with E-state index in [0.29, 0.717) is 0 Å². The number of hydrogen-bond donors (Lipinski definition) is 0. The predicted molar refractivity (Wildman–Crippen MR) is 136 cm³/mol. The molecule has 0 nitrogen and oxygen atoms in total. The maximum Gasteiger partial charge on any atom is -0.0162 e. The zero-order valence-corrected chi connectivity index (χ0v) is 19.9.